The Labute approximate surface area is 196 Å². The standard InChI is InChI=1S/C27H37N3O3/c1-26-11-7-20(30-33-17-25(32)29-16-18-9-13-28-14-10-18)15-19(26)3-4-21-22-5-6-24(31)27(22,2)12-8-23(21)26/h9-10,13-15,21-24,31H,3-8,11-12,16-17H2,1-2H3,(H,29,32)/t21-,22-,23+,24-,26-,27-/m0/s1. The van der Waals surface area contributed by atoms with E-state index in [1.807, 2.05) is 12.1 Å². The molecule has 3 fully saturated rings. The molecule has 1 amide bonds. The van der Waals surface area contributed by atoms with Crippen LogP contribution in [0.2, 0.25) is 0 Å². The summed E-state index contributed by atoms with van der Waals surface area (Å²) in [6, 6.07) is 3.76. The molecule has 1 heterocycles. The van der Waals surface area contributed by atoms with Crippen molar-refractivity contribution in [1.29, 1.82) is 0 Å². The van der Waals surface area contributed by atoms with Gasteiger partial charge in [-0.25, -0.2) is 0 Å². The Balaban J connectivity index is 1.19. The summed E-state index contributed by atoms with van der Waals surface area (Å²) in [6.07, 6.45) is 14.5. The van der Waals surface area contributed by atoms with Gasteiger partial charge in [-0.15, -0.1) is 0 Å². The quantitative estimate of drug-likeness (QED) is 0.650. The van der Waals surface area contributed by atoms with Crippen LogP contribution in [0.5, 0.6) is 0 Å². The number of carbonyl (C=O) groups excluding carboxylic acids is 1. The van der Waals surface area contributed by atoms with Crippen molar-refractivity contribution in [3.63, 3.8) is 0 Å². The van der Waals surface area contributed by atoms with Gasteiger partial charge in [0.2, 0.25) is 0 Å². The van der Waals surface area contributed by atoms with Gasteiger partial charge in [0.1, 0.15) is 0 Å². The van der Waals surface area contributed by atoms with Crippen LogP contribution in [0.25, 0.3) is 0 Å². The minimum atomic E-state index is -0.172. The van der Waals surface area contributed by atoms with Crippen molar-refractivity contribution in [1.82, 2.24) is 10.3 Å². The first kappa shape index (κ1) is 22.6. The number of hydrogen-bond acceptors (Lipinski definition) is 5. The highest BCUT2D eigenvalue weighted by Crippen LogP contribution is 2.65. The molecule has 0 saturated heterocycles. The van der Waals surface area contributed by atoms with E-state index in [4.69, 9.17) is 4.84 Å². The van der Waals surface area contributed by atoms with Gasteiger partial charge in [-0.05, 0) is 104 Å². The van der Waals surface area contributed by atoms with E-state index in [0.717, 1.165) is 49.3 Å². The van der Waals surface area contributed by atoms with Crippen LogP contribution in [0.3, 0.4) is 0 Å². The van der Waals surface area contributed by atoms with E-state index < -0.39 is 0 Å². The molecular formula is C27H37N3O3. The molecule has 0 aromatic carbocycles. The second kappa shape index (κ2) is 8.86. The molecule has 3 saturated carbocycles. The van der Waals surface area contributed by atoms with Gasteiger partial charge in [-0.1, -0.05) is 24.6 Å². The molecule has 0 spiro atoms. The van der Waals surface area contributed by atoms with Crippen LogP contribution < -0.4 is 5.32 Å². The number of nitrogens with zero attached hydrogens (tertiary/aromatic N) is 2. The Morgan fingerprint density at radius 3 is 2.79 bits per heavy atom. The maximum atomic E-state index is 12.1. The van der Waals surface area contributed by atoms with Crippen LogP contribution in [0, 0.1) is 28.6 Å². The lowest BCUT2D eigenvalue weighted by atomic mass is 9.47. The zero-order valence-electron chi connectivity index (χ0n) is 19.9. The fourth-order valence-corrected chi connectivity index (χ4v) is 7.54. The Morgan fingerprint density at radius 1 is 1.15 bits per heavy atom. The van der Waals surface area contributed by atoms with Gasteiger partial charge in [0.15, 0.2) is 6.61 Å². The molecule has 5 rings (SSSR count). The summed E-state index contributed by atoms with van der Waals surface area (Å²) in [5.41, 5.74) is 3.85. The van der Waals surface area contributed by atoms with Crippen molar-refractivity contribution in [2.45, 2.75) is 77.9 Å². The number of allylic oxidation sites excluding steroid dienone is 2. The average molecular weight is 452 g/mol. The summed E-state index contributed by atoms with van der Waals surface area (Å²) in [7, 11) is 0. The minimum absolute atomic E-state index is 0.0671. The summed E-state index contributed by atoms with van der Waals surface area (Å²) in [6.45, 7) is 5.20. The van der Waals surface area contributed by atoms with Crippen LogP contribution in [0.4, 0.5) is 0 Å². The molecule has 6 atom stereocenters. The largest absolute Gasteiger partial charge is 0.393 e. The second-order valence-electron chi connectivity index (χ2n) is 11.1. The average Bonchev–Trinajstić information content (AvgIpc) is 3.13. The van der Waals surface area contributed by atoms with Gasteiger partial charge in [0.05, 0.1) is 11.8 Å². The number of aliphatic hydroxyl groups is 1. The number of aliphatic hydroxyl groups excluding tert-OH is 1. The zero-order valence-corrected chi connectivity index (χ0v) is 19.9. The van der Waals surface area contributed by atoms with Crippen molar-refractivity contribution in [3.05, 3.63) is 41.7 Å². The predicted octanol–water partition coefficient (Wildman–Crippen LogP) is 4.39. The summed E-state index contributed by atoms with van der Waals surface area (Å²) in [5.74, 6) is 1.95. The topological polar surface area (TPSA) is 83.8 Å². The lowest BCUT2D eigenvalue weighted by molar-refractivity contribution is -0.125. The number of amides is 1. The number of carbonyl (C=O) groups is 1. The van der Waals surface area contributed by atoms with E-state index in [0.29, 0.717) is 18.4 Å². The van der Waals surface area contributed by atoms with Gasteiger partial charge < -0.3 is 15.3 Å². The molecule has 4 aliphatic carbocycles. The molecule has 0 radical (unpaired) electrons. The number of rotatable bonds is 5. The lowest BCUT2D eigenvalue weighted by Crippen LogP contribution is -2.51. The Hall–Kier alpha value is -2.21. The maximum absolute atomic E-state index is 12.1. The van der Waals surface area contributed by atoms with Gasteiger partial charge in [0.25, 0.3) is 5.91 Å². The van der Waals surface area contributed by atoms with Crippen molar-refractivity contribution in [2.75, 3.05) is 6.61 Å². The van der Waals surface area contributed by atoms with Crippen LogP contribution in [-0.2, 0) is 16.2 Å². The molecule has 1 aromatic heterocycles. The number of oxime groups is 1. The van der Waals surface area contributed by atoms with E-state index in [1.54, 1.807) is 12.4 Å². The van der Waals surface area contributed by atoms with Crippen LogP contribution in [0.15, 0.2) is 41.3 Å². The lowest BCUT2D eigenvalue weighted by Gasteiger charge is -2.57. The van der Waals surface area contributed by atoms with Gasteiger partial charge in [-0.3, -0.25) is 9.78 Å². The highest BCUT2D eigenvalue weighted by molar-refractivity contribution is 5.96. The number of aromatic nitrogens is 1. The van der Waals surface area contributed by atoms with Crippen LogP contribution in [0.1, 0.15) is 70.8 Å². The molecule has 1 aromatic rings. The molecular weight excluding hydrogens is 414 g/mol. The summed E-state index contributed by atoms with van der Waals surface area (Å²) in [4.78, 5) is 21.5. The Kier molecular flexibility index (Phi) is 6.06. The van der Waals surface area contributed by atoms with E-state index in [1.165, 1.54) is 24.8 Å². The van der Waals surface area contributed by atoms with E-state index in [9.17, 15) is 9.90 Å². The highest BCUT2D eigenvalue weighted by atomic mass is 16.6. The molecule has 33 heavy (non-hydrogen) atoms. The van der Waals surface area contributed by atoms with Crippen LogP contribution in [-0.4, -0.2) is 34.4 Å². The Morgan fingerprint density at radius 2 is 1.97 bits per heavy atom. The predicted molar refractivity (Wildman–Crippen MR) is 127 cm³/mol. The molecule has 0 aliphatic heterocycles. The normalized spacial score (nSPS) is 38.6. The van der Waals surface area contributed by atoms with Crippen molar-refractivity contribution in [3.8, 4) is 0 Å². The summed E-state index contributed by atoms with van der Waals surface area (Å²) >= 11 is 0. The molecule has 2 N–H and O–H groups in total. The number of pyridine rings is 1. The highest BCUT2D eigenvalue weighted by Gasteiger charge is 2.58. The number of hydrogen-bond donors (Lipinski definition) is 2. The first-order chi connectivity index (χ1) is 15.9. The van der Waals surface area contributed by atoms with Gasteiger partial charge in [0, 0.05) is 18.9 Å². The maximum Gasteiger partial charge on any atom is 0.261 e. The Bertz CT molecular complexity index is 945. The third-order valence-corrected chi connectivity index (χ3v) is 9.54. The summed E-state index contributed by atoms with van der Waals surface area (Å²) < 4.78 is 0. The molecule has 6 nitrogen and oxygen atoms in total. The third kappa shape index (κ3) is 4.11. The molecule has 6 heteroatoms. The monoisotopic (exact) mass is 451 g/mol. The van der Waals surface area contributed by atoms with Crippen molar-refractivity contribution >= 4 is 11.6 Å². The molecule has 178 valence electrons. The number of fused-ring (bicyclic) bond motifs is 5. The third-order valence-electron chi connectivity index (χ3n) is 9.54. The van der Waals surface area contributed by atoms with E-state index in [-0.39, 0.29) is 29.4 Å². The molecule has 4 aliphatic rings. The second-order valence-corrected chi connectivity index (χ2v) is 11.1. The zero-order chi connectivity index (χ0) is 23.1. The van der Waals surface area contributed by atoms with Gasteiger partial charge in [-0.2, -0.15) is 0 Å². The van der Waals surface area contributed by atoms with E-state index in [2.05, 4.69) is 35.4 Å². The van der Waals surface area contributed by atoms with Gasteiger partial charge >= 0.3 is 0 Å². The molecule has 0 unspecified atom stereocenters. The van der Waals surface area contributed by atoms with E-state index >= 15 is 0 Å². The first-order valence-corrected chi connectivity index (χ1v) is 12.6. The summed E-state index contributed by atoms with van der Waals surface area (Å²) in [5, 5.41) is 17.8. The van der Waals surface area contributed by atoms with Crippen LogP contribution >= 0.6 is 0 Å². The fraction of sp³-hybridized carbons (Fsp3) is 0.667. The van der Waals surface area contributed by atoms with Crippen molar-refractivity contribution < 1.29 is 14.7 Å². The number of nitrogens with one attached hydrogen (secondary N) is 1. The molecule has 0 bridgehead atoms. The SMILES string of the molecule is C[C@]12CC[C@@H]3[C@@H](CCC4=CC(=NOCC(=O)NCc5ccncc5)CC[C@@]43C)[C@@H]1CC[C@@H]2O. The minimum Gasteiger partial charge on any atom is -0.393 e. The first-order valence-electron chi connectivity index (χ1n) is 12.6. The smallest absolute Gasteiger partial charge is 0.261 e. The van der Waals surface area contributed by atoms with Crippen molar-refractivity contribution in [2.24, 2.45) is 33.7 Å². The fourth-order valence-electron chi connectivity index (χ4n) is 7.54.